The van der Waals surface area contributed by atoms with Crippen LogP contribution in [0.5, 0.6) is 5.75 Å². The predicted octanol–water partition coefficient (Wildman–Crippen LogP) is 5.86. The Labute approximate surface area is 173 Å². The fourth-order valence-corrected chi connectivity index (χ4v) is 4.52. The Morgan fingerprint density at radius 3 is 2.63 bits per heavy atom. The summed E-state index contributed by atoms with van der Waals surface area (Å²) in [5.41, 5.74) is 1.41. The minimum absolute atomic E-state index is 0.0921. The van der Waals surface area contributed by atoms with Crippen LogP contribution in [0.3, 0.4) is 0 Å². The zero-order valence-electron chi connectivity index (χ0n) is 17.3. The molecule has 0 aliphatic carbocycles. The Hall–Kier alpha value is -2.83. The van der Waals surface area contributed by atoms with Gasteiger partial charge in [0.2, 0.25) is 0 Å². The number of alkyl halides is 3. The van der Waals surface area contributed by atoms with Gasteiger partial charge in [0, 0.05) is 11.1 Å². The number of aliphatic imine (C=N–C) groups is 1. The Morgan fingerprint density at radius 2 is 1.97 bits per heavy atom. The van der Waals surface area contributed by atoms with Crippen molar-refractivity contribution in [3.63, 3.8) is 0 Å². The largest absolute Gasteiger partial charge is 0.494 e. The molecule has 0 bridgehead atoms. The summed E-state index contributed by atoms with van der Waals surface area (Å²) < 4.78 is 45.0. The minimum atomic E-state index is -4.48. The van der Waals surface area contributed by atoms with Gasteiger partial charge in [-0.05, 0) is 69.0 Å². The van der Waals surface area contributed by atoms with Gasteiger partial charge in [0.1, 0.15) is 11.5 Å². The molecule has 2 aromatic carbocycles. The first kappa shape index (κ1) is 20.4. The molecule has 0 N–H and O–H groups in total. The Kier molecular flexibility index (Phi) is 4.67. The van der Waals surface area contributed by atoms with Gasteiger partial charge in [-0.3, -0.25) is 4.79 Å². The van der Waals surface area contributed by atoms with Gasteiger partial charge in [0.15, 0.2) is 0 Å². The van der Waals surface area contributed by atoms with Gasteiger partial charge in [-0.2, -0.15) is 13.2 Å². The van der Waals surface area contributed by atoms with E-state index in [0.717, 1.165) is 29.8 Å². The van der Waals surface area contributed by atoms with E-state index in [1.807, 2.05) is 26.8 Å². The highest BCUT2D eigenvalue weighted by Crippen LogP contribution is 2.50. The third-order valence-electron chi connectivity index (χ3n) is 5.66. The molecule has 1 amide bonds. The number of benzene rings is 2. The van der Waals surface area contributed by atoms with Crippen molar-refractivity contribution in [2.24, 2.45) is 4.99 Å². The second-order valence-corrected chi connectivity index (χ2v) is 8.41. The Morgan fingerprint density at radius 1 is 1.23 bits per heavy atom. The maximum Gasteiger partial charge on any atom is 0.416 e. The van der Waals surface area contributed by atoms with Crippen LogP contribution in [0.1, 0.15) is 56.7 Å². The summed E-state index contributed by atoms with van der Waals surface area (Å²) in [5, 5.41) is 0. The van der Waals surface area contributed by atoms with Crippen LogP contribution in [0, 0.1) is 0 Å². The van der Waals surface area contributed by atoms with Crippen LogP contribution in [0.15, 0.2) is 41.4 Å². The summed E-state index contributed by atoms with van der Waals surface area (Å²) >= 11 is 0. The molecule has 0 radical (unpaired) electrons. The molecule has 2 aliphatic rings. The normalized spacial score (nSPS) is 21.2. The van der Waals surface area contributed by atoms with Gasteiger partial charge < -0.3 is 9.64 Å². The van der Waals surface area contributed by atoms with E-state index in [1.165, 1.54) is 12.1 Å². The van der Waals surface area contributed by atoms with E-state index in [-0.39, 0.29) is 23.2 Å². The topological polar surface area (TPSA) is 41.9 Å². The van der Waals surface area contributed by atoms with Gasteiger partial charge in [-0.1, -0.05) is 13.0 Å². The van der Waals surface area contributed by atoms with E-state index in [1.54, 1.807) is 11.0 Å². The van der Waals surface area contributed by atoms with Gasteiger partial charge >= 0.3 is 6.18 Å². The highest BCUT2D eigenvalue weighted by molar-refractivity contribution is 6.55. The first-order valence-electron chi connectivity index (χ1n) is 9.94. The maximum atomic E-state index is 13.4. The molecule has 0 spiro atoms. The van der Waals surface area contributed by atoms with Crippen LogP contribution in [-0.4, -0.2) is 23.8 Å². The molecule has 0 saturated heterocycles. The van der Waals surface area contributed by atoms with E-state index < -0.39 is 17.3 Å². The van der Waals surface area contributed by atoms with Crippen LogP contribution in [0.4, 0.5) is 24.5 Å². The van der Waals surface area contributed by atoms with Crippen LogP contribution in [0.25, 0.3) is 0 Å². The summed E-state index contributed by atoms with van der Waals surface area (Å²) in [6, 6.07) is 8.44. The number of rotatable bonds is 3. The number of carbonyl (C=O) groups is 1. The molecule has 7 heteroatoms. The second-order valence-electron chi connectivity index (χ2n) is 8.41. The fourth-order valence-electron chi connectivity index (χ4n) is 4.52. The Bertz CT molecular complexity index is 1060. The van der Waals surface area contributed by atoms with Crippen LogP contribution < -0.4 is 9.64 Å². The summed E-state index contributed by atoms with van der Waals surface area (Å²) in [6.45, 7) is 8.45. The lowest BCUT2D eigenvalue weighted by atomic mass is 9.80. The number of amides is 1. The van der Waals surface area contributed by atoms with Crippen molar-refractivity contribution in [2.75, 3.05) is 11.5 Å². The van der Waals surface area contributed by atoms with E-state index in [0.29, 0.717) is 17.9 Å². The van der Waals surface area contributed by atoms with Crippen LogP contribution in [0.2, 0.25) is 0 Å². The molecular formula is C23H23F3N2O2. The molecule has 0 aromatic heterocycles. The summed E-state index contributed by atoms with van der Waals surface area (Å²) in [7, 11) is 0. The van der Waals surface area contributed by atoms with Gasteiger partial charge in [-0.15, -0.1) is 0 Å². The maximum absolute atomic E-state index is 13.4. The molecule has 4 rings (SSSR count). The number of anilines is 1. The Balaban J connectivity index is 1.92. The van der Waals surface area contributed by atoms with Crippen LogP contribution in [-0.2, 0) is 11.0 Å². The number of halogens is 3. The molecule has 0 saturated carbocycles. The highest BCUT2D eigenvalue weighted by atomic mass is 19.4. The minimum Gasteiger partial charge on any atom is -0.494 e. The number of carbonyl (C=O) groups excluding carboxylic acids is 1. The van der Waals surface area contributed by atoms with Gasteiger partial charge in [0.25, 0.3) is 5.91 Å². The van der Waals surface area contributed by atoms with Crippen molar-refractivity contribution < 1.29 is 22.7 Å². The fraction of sp³-hybridized carbons (Fsp3) is 0.391. The van der Waals surface area contributed by atoms with Crippen molar-refractivity contribution in [1.82, 2.24) is 0 Å². The molecule has 30 heavy (non-hydrogen) atoms. The molecule has 2 aromatic rings. The van der Waals surface area contributed by atoms with Gasteiger partial charge in [0.05, 0.1) is 23.5 Å². The SMILES string of the molecule is CCOc1cc2c3c(c1)C(C)CC(C)(C)N3C(=O)C2=Nc1cccc(C(F)(F)F)c1. The van der Waals surface area contributed by atoms with Crippen molar-refractivity contribution in [1.29, 1.82) is 0 Å². The third kappa shape index (κ3) is 3.26. The first-order valence-corrected chi connectivity index (χ1v) is 9.94. The molecule has 2 heterocycles. The van der Waals surface area contributed by atoms with E-state index in [2.05, 4.69) is 11.9 Å². The van der Waals surface area contributed by atoms with E-state index in [9.17, 15) is 18.0 Å². The summed E-state index contributed by atoms with van der Waals surface area (Å²) in [6.07, 6.45) is -3.72. The van der Waals surface area contributed by atoms with E-state index >= 15 is 0 Å². The molecule has 0 fully saturated rings. The lowest BCUT2D eigenvalue weighted by molar-refractivity contribution is -0.137. The third-order valence-corrected chi connectivity index (χ3v) is 5.66. The number of nitrogens with zero attached hydrogens (tertiary/aromatic N) is 2. The van der Waals surface area contributed by atoms with Gasteiger partial charge in [-0.25, -0.2) is 4.99 Å². The summed E-state index contributed by atoms with van der Waals surface area (Å²) in [5.74, 6) is 0.532. The summed E-state index contributed by atoms with van der Waals surface area (Å²) in [4.78, 5) is 19.5. The standard InChI is InChI=1S/C23H23F3N2O2/c1-5-30-16-10-17-13(2)12-22(3,4)28-20(17)18(11-16)19(21(28)29)27-15-8-6-7-14(9-15)23(24,25)26/h6-11,13H,5,12H2,1-4H3. The van der Waals surface area contributed by atoms with Crippen molar-refractivity contribution in [3.05, 3.63) is 53.1 Å². The zero-order valence-corrected chi connectivity index (χ0v) is 17.3. The van der Waals surface area contributed by atoms with Crippen LogP contribution >= 0.6 is 0 Å². The second kappa shape index (κ2) is 6.86. The predicted molar refractivity (Wildman–Crippen MR) is 110 cm³/mol. The molecule has 158 valence electrons. The van der Waals surface area contributed by atoms with Crippen molar-refractivity contribution >= 4 is 23.0 Å². The average molecular weight is 416 g/mol. The molecule has 1 atom stereocenters. The first-order chi connectivity index (χ1) is 14.0. The molecule has 4 nitrogen and oxygen atoms in total. The number of ether oxygens (including phenoxy) is 1. The molecule has 1 unspecified atom stereocenters. The highest BCUT2D eigenvalue weighted by Gasteiger charge is 2.48. The van der Waals surface area contributed by atoms with Crippen molar-refractivity contribution in [3.8, 4) is 5.75 Å². The monoisotopic (exact) mass is 416 g/mol. The van der Waals surface area contributed by atoms with E-state index in [4.69, 9.17) is 4.74 Å². The number of hydrogen-bond donors (Lipinski definition) is 0. The average Bonchev–Trinajstić information content (AvgIpc) is 2.92. The van der Waals surface area contributed by atoms with Crippen molar-refractivity contribution in [2.45, 2.75) is 51.7 Å². The molecule has 2 aliphatic heterocycles. The lowest BCUT2D eigenvalue weighted by Gasteiger charge is -2.43. The number of hydrogen-bond acceptors (Lipinski definition) is 3. The quantitative estimate of drug-likeness (QED) is 0.629. The smallest absolute Gasteiger partial charge is 0.416 e. The lowest BCUT2D eigenvalue weighted by Crippen LogP contribution is -2.50. The molecular weight excluding hydrogens is 393 g/mol. The zero-order chi connectivity index (χ0) is 21.8.